The zero-order valence-corrected chi connectivity index (χ0v) is 12.8. The molecule has 3 aromatic rings. The highest BCUT2D eigenvalue weighted by atomic mass is 32.2. The summed E-state index contributed by atoms with van der Waals surface area (Å²) in [5.74, 6) is 0.222. The van der Waals surface area contributed by atoms with Crippen molar-refractivity contribution in [2.75, 3.05) is 6.26 Å². The summed E-state index contributed by atoms with van der Waals surface area (Å²) in [6.07, 6.45) is 3.11. The van der Waals surface area contributed by atoms with Crippen LogP contribution in [0.3, 0.4) is 0 Å². The molecule has 0 aliphatic rings. The number of rotatable bonds is 3. The second-order valence-electron chi connectivity index (χ2n) is 5.08. The van der Waals surface area contributed by atoms with Crippen LogP contribution < -0.4 is 0 Å². The number of aromatic nitrogens is 1. The molecule has 112 valence electrons. The predicted octanol–water partition coefficient (Wildman–Crippen LogP) is 3.25. The third-order valence-electron chi connectivity index (χ3n) is 3.45. The Morgan fingerprint density at radius 3 is 2.14 bits per heavy atom. The average Bonchev–Trinajstić information content (AvgIpc) is 2.97. The van der Waals surface area contributed by atoms with Gasteiger partial charge in [-0.3, -0.25) is 0 Å². The highest BCUT2D eigenvalue weighted by Gasteiger charge is 2.09. The van der Waals surface area contributed by atoms with Crippen LogP contribution in [-0.2, 0) is 9.84 Å². The molecule has 3 rings (SSSR count). The van der Waals surface area contributed by atoms with Crippen LogP contribution in [0.25, 0.3) is 16.9 Å². The van der Waals surface area contributed by atoms with Gasteiger partial charge in [-0.2, -0.15) is 0 Å². The molecule has 0 fully saturated rings. The van der Waals surface area contributed by atoms with Gasteiger partial charge in [-0.1, -0.05) is 0 Å². The van der Waals surface area contributed by atoms with Gasteiger partial charge in [0, 0.05) is 18.1 Å². The summed E-state index contributed by atoms with van der Waals surface area (Å²) >= 11 is 0. The van der Waals surface area contributed by atoms with Gasteiger partial charge < -0.3 is 9.67 Å². The van der Waals surface area contributed by atoms with Gasteiger partial charge in [0.2, 0.25) is 0 Å². The van der Waals surface area contributed by atoms with E-state index in [1.165, 1.54) is 6.26 Å². The number of hydrogen-bond donors (Lipinski definition) is 1. The fourth-order valence-corrected chi connectivity index (χ4v) is 2.96. The van der Waals surface area contributed by atoms with E-state index in [-0.39, 0.29) is 5.75 Å². The average molecular weight is 313 g/mol. The molecule has 0 saturated heterocycles. The summed E-state index contributed by atoms with van der Waals surface area (Å²) in [5.41, 5.74) is 2.81. The van der Waals surface area contributed by atoms with E-state index in [9.17, 15) is 13.5 Å². The summed E-state index contributed by atoms with van der Waals surface area (Å²) in [6, 6.07) is 17.6. The van der Waals surface area contributed by atoms with Crippen LogP contribution in [0.5, 0.6) is 5.75 Å². The summed E-state index contributed by atoms with van der Waals surface area (Å²) in [5, 5.41) is 9.38. The highest BCUT2D eigenvalue weighted by Crippen LogP contribution is 2.26. The van der Waals surface area contributed by atoms with Crippen LogP contribution in [0.1, 0.15) is 0 Å². The minimum absolute atomic E-state index is 0.222. The van der Waals surface area contributed by atoms with Crippen molar-refractivity contribution in [3.8, 4) is 22.7 Å². The van der Waals surface area contributed by atoms with Crippen molar-refractivity contribution in [2.45, 2.75) is 4.90 Å². The van der Waals surface area contributed by atoms with Gasteiger partial charge in [-0.15, -0.1) is 0 Å². The number of phenols is 1. The molecule has 0 radical (unpaired) electrons. The first-order valence-corrected chi connectivity index (χ1v) is 8.61. The van der Waals surface area contributed by atoms with Crippen molar-refractivity contribution in [3.63, 3.8) is 0 Å². The van der Waals surface area contributed by atoms with E-state index in [0.29, 0.717) is 4.90 Å². The molecule has 5 heteroatoms. The molecule has 2 aromatic carbocycles. The monoisotopic (exact) mass is 313 g/mol. The van der Waals surface area contributed by atoms with Crippen molar-refractivity contribution in [1.29, 1.82) is 0 Å². The maximum absolute atomic E-state index is 11.5. The second kappa shape index (κ2) is 5.35. The molecular weight excluding hydrogens is 298 g/mol. The maximum atomic E-state index is 11.5. The molecule has 0 aliphatic heterocycles. The summed E-state index contributed by atoms with van der Waals surface area (Å²) < 4.78 is 25.0. The molecule has 4 nitrogen and oxygen atoms in total. The number of nitrogens with zero attached hydrogens (tertiary/aromatic N) is 1. The lowest BCUT2D eigenvalue weighted by molar-refractivity contribution is 0.475. The Morgan fingerprint density at radius 2 is 1.55 bits per heavy atom. The number of aromatic hydroxyl groups is 1. The minimum Gasteiger partial charge on any atom is -0.508 e. The normalized spacial score (nSPS) is 11.5. The van der Waals surface area contributed by atoms with E-state index >= 15 is 0 Å². The van der Waals surface area contributed by atoms with E-state index in [4.69, 9.17) is 0 Å². The second-order valence-corrected chi connectivity index (χ2v) is 7.09. The molecular formula is C17H15NO3S. The maximum Gasteiger partial charge on any atom is 0.175 e. The molecule has 0 bridgehead atoms. The van der Waals surface area contributed by atoms with E-state index in [1.54, 1.807) is 36.4 Å². The standard InChI is InChI=1S/C17H15NO3S/c1-22(20,21)16-10-6-14(7-11-16)18-12-2-3-17(18)13-4-8-15(19)9-5-13/h2-12,19H,1H3. The molecule has 1 heterocycles. The van der Waals surface area contributed by atoms with Gasteiger partial charge in [0.25, 0.3) is 0 Å². The predicted molar refractivity (Wildman–Crippen MR) is 86.0 cm³/mol. The lowest BCUT2D eigenvalue weighted by atomic mass is 10.1. The molecule has 0 amide bonds. The van der Waals surface area contributed by atoms with Gasteiger partial charge in [-0.05, 0) is 66.2 Å². The number of sulfone groups is 1. The molecule has 0 saturated carbocycles. The van der Waals surface area contributed by atoms with Gasteiger partial charge in [-0.25, -0.2) is 8.42 Å². The minimum atomic E-state index is -3.19. The van der Waals surface area contributed by atoms with E-state index in [2.05, 4.69) is 0 Å². The van der Waals surface area contributed by atoms with Crippen LogP contribution in [0, 0.1) is 0 Å². The smallest absolute Gasteiger partial charge is 0.175 e. The number of hydrogen-bond acceptors (Lipinski definition) is 3. The first kappa shape index (κ1) is 14.4. The van der Waals surface area contributed by atoms with Crippen molar-refractivity contribution in [1.82, 2.24) is 4.57 Å². The molecule has 0 atom stereocenters. The first-order chi connectivity index (χ1) is 10.4. The van der Waals surface area contributed by atoms with Crippen LogP contribution >= 0.6 is 0 Å². The zero-order valence-electron chi connectivity index (χ0n) is 12.0. The zero-order chi connectivity index (χ0) is 15.7. The van der Waals surface area contributed by atoms with Crippen LogP contribution in [0.4, 0.5) is 0 Å². The topological polar surface area (TPSA) is 59.3 Å². The molecule has 22 heavy (non-hydrogen) atoms. The van der Waals surface area contributed by atoms with Crippen molar-refractivity contribution in [3.05, 3.63) is 66.9 Å². The summed E-state index contributed by atoms with van der Waals surface area (Å²) in [4.78, 5) is 0.301. The van der Waals surface area contributed by atoms with E-state index in [0.717, 1.165) is 16.9 Å². The van der Waals surface area contributed by atoms with Gasteiger partial charge in [0.1, 0.15) is 5.75 Å². The van der Waals surface area contributed by atoms with Gasteiger partial charge >= 0.3 is 0 Å². The number of phenolic OH excluding ortho intramolecular Hbond substituents is 1. The molecule has 0 spiro atoms. The van der Waals surface area contributed by atoms with Crippen LogP contribution in [0.15, 0.2) is 71.8 Å². The Labute approximate surface area is 129 Å². The van der Waals surface area contributed by atoms with Gasteiger partial charge in [0.15, 0.2) is 9.84 Å². The summed E-state index contributed by atoms with van der Waals surface area (Å²) in [6.45, 7) is 0. The van der Waals surface area contributed by atoms with Crippen LogP contribution in [0.2, 0.25) is 0 Å². The van der Waals surface area contributed by atoms with Crippen molar-refractivity contribution < 1.29 is 13.5 Å². The van der Waals surface area contributed by atoms with Gasteiger partial charge in [0.05, 0.1) is 10.6 Å². The molecule has 0 unspecified atom stereocenters. The first-order valence-electron chi connectivity index (χ1n) is 6.72. The molecule has 0 aliphatic carbocycles. The van der Waals surface area contributed by atoms with Crippen molar-refractivity contribution >= 4 is 9.84 Å². The third-order valence-corrected chi connectivity index (χ3v) is 4.58. The Morgan fingerprint density at radius 1 is 0.909 bits per heavy atom. The largest absolute Gasteiger partial charge is 0.508 e. The fraction of sp³-hybridized carbons (Fsp3) is 0.0588. The van der Waals surface area contributed by atoms with Crippen LogP contribution in [-0.4, -0.2) is 24.3 Å². The number of benzene rings is 2. The third kappa shape index (κ3) is 2.76. The van der Waals surface area contributed by atoms with E-state index < -0.39 is 9.84 Å². The Balaban J connectivity index is 2.03. The lowest BCUT2D eigenvalue weighted by Gasteiger charge is -2.10. The SMILES string of the molecule is CS(=O)(=O)c1ccc(-n2cccc2-c2ccc(O)cc2)cc1. The van der Waals surface area contributed by atoms with Crippen molar-refractivity contribution in [2.24, 2.45) is 0 Å². The molecule has 1 aromatic heterocycles. The Hall–Kier alpha value is -2.53. The quantitative estimate of drug-likeness (QED) is 0.807. The highest BCUT2D eigenvalue weighted by molar-refractivity contribution is 7.90. The fourth-order valence-electron chi connectivity index (χ4n) is 2.33. The van der Waals surface area contributed by atoms with E-state index in [1.807, 2.05) is 35.0 Å². The molecule has 1 N–H and O–H groups in total. The Kier molecular flexibility index (Phi) is 3.50. The lowest BCUT2D eigenvalue weighted by Crippen LogP contribution is -1.99. The Bertz CT molecular complexity index is 892. The summed E-state index contributed by atoms with van der Waals surface area (Å²) in [7, 11) is -3.19.